The van der Waals surface area contributed by atoms with Gasteiger partial charge in [0.2, 0.25) is 11.8 Å². The van der Waals surface area contributed by atoms with Crippen molar-refractivity contribution in [2.24, 2.45) is 17.8 Å². The standard InChI is InChI=1S/C16H21N3O2/c1-3-10-6-13-14(7-10)16(21)19(15(13)20)9-12-8-11(17-2)4-5-18-12/h4-5,8,10,13-14H,3,6-7,9H2,1-2H3,(H,17,18). The molecule has 2 fully saturated rings. The number of carbonyl (C=O) groups is 2. The van der Waals surface area contributed by atoms with Gasteiger partial charge in [0.15, 0.2) is 0 Å². The van der Waals surface area contributed by atoms with Crippen LogP contribution in [0.4, 0.5) is 5.69 Å². The molecule has 0 aromatic carbocycles. The van der Waals surface area contributed by atoms with Crippen molar-refractivity contribution < 1.29 is 9.59 Å². The van der Waals surface area contributed by atoms with Crippen molar-refractivity contribution in [1.82, 2.24) is 9.88 Å². The Hall–Kier alpha value is -1.91. The number of carbonyl (C=O) groups excluding carboxylic acids is 2. The van der Waals surface area contributed by atoms with Crippen LogP contribution in [0, 0.1) is 17.8 Å². The molecule has 2 aliphatic rings. The van der Waals surface area contributed by atoms with Crippen molar-refractivity contribution in [1.29, 1.82) is 0 Å². The number of nitrogens with one attached hydrogen (secondary N) is 1. The summed E-state index contributed by atoms with van der Waals surface area (Å²) in [5.74, 6) is 0.348. The summed E-state index contributed by atoms with van der Waals surface area (Å²) in [4.78, 5) is 30.6. The fraction of sp³-hybridized carbons (Fsp3) is 0.562. The normalized spacial score (nSPS) is 28.1. The largest absolute Gasteiger partial charge is 0.388 e. The zero-order valence-electron chi connectivity index (χ0n) is 12.5. The molecule has 1 saturated heterocycles. The number of aromatic nitrogens is 1. The Balaban J connectivity index is 1.75. The van der Waals surface area contributed by atoms with Gasteiger partial charge in [-0.25, -0.2) is 0 Å². The third-order valence-corrected chi connectivity index (χ3v) is 4.83. The predicted molar refractivity (Wildman–Crippen MR) is 79.3 cm³/mol. The Morgan fingerprint density at radius 3 is 2.52 bits per heavy atom. The molecule has 1 aliphatic carbocycles. The first kappa shape index (κ1) is 14.0. The van der Waals surface area contributed by atoms with Gasteiger partial charge in [-0.1, -0.05) is 13.3 Å². The second-order valence-electron chi connectivity index (χ2n) is 6.01. The molecule has 1 aromatic heterocycles. The van der Waals surface area contributed by atoms with Gasteiger partial charge in [-0.2, -0.15) is 0 Å². The molecule has 0 bridgehead atoms. The van der Waals surface area contributed by atoms with Gasteiger partial charge in [0, 0.05) is 18.9 Å². The van der Waals surface area contributed by atoms with E-state index in [0.29, 0.717) is 5.92 Å². The van der Waals surface area contributed by atoms with Gasteiger partial charge in [-0.05, 0) is 30.9 Å². The average molecular weight is 287 g/mol. The molecule has 1 aliphatic heterocycles. The number of rotatable bonds is 4. The molecule has 0 spiro atoms. The first-order chi connectivity index (χ1) is 10.1. The van der Waals surface area contributed by atoms with E-state index in [2.05, 4.69) is 17.2 Å². The highest BCUT2D eigenvalue weighted by Crippen LogP contribution is 2.44. The molecule has 2 atom stereocenters. The van der Waals surface area contributed by atoms with Gasteiger partial charge >= 0.3 is 0 Å². The van der Waals surface area contributed by atoms with Crippen LogP contribution >= 0.6 is 0 Å². The van der Waals surface area contributed by atoms with Crippen molar-refractivity contribution in [2.45, 2.75) is 32.7 Å². The van der Waals surface area contributed by atoms with E-state index in [4.69, 9.17) is 0 Å². The van der Waals surface area contributed by atoms with E-state index in [0.717, 1.165) is 30.6 Å². The van der Waals surface area contributed by atoms with E-state index in [1.807, 2.05) is 19.2 Å². The van der Waals surface area contributed by atoms with E-state index in [1.54, 1.807) is 6.20 Å². The van der Waals surface area contributed by atoms with Crippen molar-refractivity contribution >= 4 is 17.5 Å². The molecule has 2 amide bonds. The smallest absolute Gasteiger partial charge is 0.233 e. The summed E-state index contributed by atoms with van der Waals surface area (Å²) in [5.41, 5.74) is 1.68. The maximum Gasteiger partial charge on any atom is 0.233 e. The van der Waals surface area contributed by atoms with Crippen molar-refractivity contribution in [3.63, 3.8) is 0 Å². The fourth-order valence-electron chi connectivity index (χ4n) is 3.57. The summed E-state index contributed by atoms with van der Waals surface area (Å²) >= 11 is 0. The van der Waals surface area contributed by atoms with Gasteiger partial charge in [0.05, 0.1) is 24.1 Å². The number of hydrogen-bond acceptors (Lipinski definition) is 4. The van der Waals surface area contributed by atoms with Gasteiger partial charge < -0.3 is 5.32 Å². The quantitative estimate of drug-likeness (QED) is 0.861. The number of pyridine rings is 1. The molecule has 5 nitrogen and oxygen atoms in total. The molecule has 3 rings (SSSR count). The van der Waals surface area contributed by atoms with E-state index in [1.165, 1.54) is 4.90 Å². The van der Waals surface area contributed by atoms with Crippen LogP contribution in [0.25, 0.3) is 0 Å². The molecule has 21 heavy (non-hydrogen) atoms. The summed E-state index contributed by atoms with van der Waals surface area (Å²) in [5, 5.41) is 3.04. The van der Waals surface area contributed by atoms with Crippen molar-refractivity contribution in [3.8, 4) is 0 Å². The van der Waals surface area contributed by atoms with E-state index < -0.39 is 0 Å². The third kappa shape index (κ3) is 2.41. The molecule has 2 heterocycles. The lowest BCUT2D eigenvalue weighted by molar-refractivity contribution is -0.141. The summed E-state index contributed by atoms with van der Waals surface area (Å²) in [6.07, 6.45) is 4.48. The topological polar surface area (TPSA) is 62.3 Å². The molecule has 0 radical (unpaired) electrons. The van der Waals surface area contributed by atoms with Crippen LogP contribution in [0.2, 0.25) is 0 Å². The van der Waals surface area contributed by atoms with Crippen molar-refractivity contribution in [2.75, 3.05) is 12.4 Å². The Morgan fingerprint density at radius 2 is 1.95 bits per heavy atom. The highest BCUT2D eigenvalue weighted by molar-refractivity contribution is 6.05. The van der Waals surface area contributed by atoms with Crippen LogP contribution in [0.3, 0.4) is 0 Å². The number of anilines is 1. The van der Waals surface area contributed by atoms with Crippen LogP contribution < -0.4 is 5.32 Å². The average Bonchev–Trinajstić information content (AvgIpc) is 3.03. The van der Waals surface area contributed by atoms with Gasteiger partial charge in [0.1, 0.15) is 0 Å². The Labute approximate surface area is 124 Å². The number of hydrogen-bond donors (Lipinski definition) is 1. The SMILES string of the molecule is CCC1CC2C(=O)N(Cc3cc(NC)ccn3)C(=O)C2C1. The maximum atomic E-state index is 12.5. The van der Waals surface area contributed by atoms with Crippen LogP contribution in [-0.4, -0.2) is 28.7 Å². The lowest BCUT2D eigenvalue weighted by Gasteiger charge is -2.17. The fourth-order valence-corrected chi connectivity index (χ4v) is 3.57. The number of imide groups is 1. The Bertz CT molecular complexity index is 548. The molecule has 2 unspecified atom stereocenters. The highest BCUT2D eigenvalue weighted by atomic mass is 16.2. The molecular formula is C16H21N3O2. The lowest BCUT2D eigenvalue weighted by Crippen LogP contribution is -2.32. The van der Waals surface area contributed by atoms with Gasteiger partial charge in [-0.15, -0.1) is 0 Å². The molecule has 5 heteroatoms. The monoisotopic (exact) mass is 287 g/mol. The molecule has 1 N–H and O–H groups in total. The number of likely N-dealkylation sites (tertiary alicyclic amines) is 1. The minimum absolute atomic E-state index is 0.00221. The Morgan fingerprint density at radius 1 is 1.29 bits per heavy atom. The number of nitrogens with zero attached hydrogens (tertiary/aromatic N) is 2. The second-order valence-corrected chi connectivity index (χ2v) is 6.01. The van der Waals surface area contributed by atoms with Gasteiger partial charge in [0.25, 0.3) is 0 Å². The summed E-state index contributed by atoms with van der Waals surface area (Å²) in [7, 11) is 1.83. The molecule has 1 aromatic rings. The number of fused-ring (bicyclic) bond motifs is 1. The minimum atomic E-state index is -0.0880. The minimum Gasteiger partial charge on any atom is -0.388 e. The van der Waals surface area contributed by atoms with Crippen LogP contribution in [0.5, 0.6) is 0 Å². The second kappa shape index (κ2) is 5.47. The molecule has 112 valence electrons. The van der Waals surface area contributed by atoms with Crippen LogP contribution in [0.15, 0.2) is 18.3 Å². The lowest BCUT2D eigenvalue weighted by atomic mass is 10.00. The maximum absolute atomic E-state index is 12.5. The summed E-state index contributed by atoms with van der Waals surface area (Å²) in [6, 6.07) is 3.74. The van der Waals surface area contributed by atoms with Gasteiger partial charge in [-0.3, -0.25) is 19.5 Å². The van der Waals surface area contributed by atoms with E-state index >= 15 is 0 Å². The predicted octanol–water partition coefficient (Wildman–Crippen LogP) is 2.04. The summed E-state index contributed by atoms with van der Waals surface area (Å²) < 4.78 is 0. The van der Waals surface area contributed by atoms with Crippen molar-refractivity contribution in [3.05, 3.63) is 24.0 Å². The molecule has 1 saturated carbocycles. The third-order valence-electron chi connectivity index (χ3n) is 4.83. The summed E-state index contributed by atoms with van der Waals surface area (Å²) in [6.45, 7) is 2.42. The zero-order chi connectivity index (χ0) is 15.0. The first-order valence-electron chi connectivity index (χ1n) is 7.62. The van der Waals surface area contributed by atoms with Crippen LogP contribution in [0.1, 0.15) is 31.9 Å². The van der Waals surface area contributed by atoms with E-state index in [-0.39, 0.29) is 30.2 Å². The molecular weight excluding hydrogens is 266 g/mol. The van der Waals surface area contributed by atoms with E-state index in [9.17, 15) is 9.59 Å². The van der Waals surface area contributed by atoms with Crippen LogP contribution in [-0.2, 0) is 16.1 Å². The highest BCUT2D eigenvalue weighted by Gasteiger charge is 2.52. The zero-order valence-corrected chi connectivity index (χ0v) is 12.5. The number of amides is 2. The first-order valence-corrected chi connectivity index (χ1v) is 7.62. The Kier molecular flexibility index (Phi) is 3.66.